The molecular formula is C27H31FN2O4S2. The van der Waals surface area contributed by atoms with Crippen LogP contribution in [0, 0.1) is 12.7 Å². The zero-order valence-corrected chi connectivity index (χ0v) is 22.3. The quantitative estimate of drug-likeness (QED) is 0.382. The number of sulfonamides is 1. The lowest BCUT2D eigenvalue weighted by Crippen LogP contribution is -2.49. The van der Waals surface area contributed by atoms with Crippen LogP contribution in [-0.4, -0.2) is 49.3 Å². The number of hydrogen-bond acceptors (Lipinski definition) is 5. The Kier molecular flexibility index (Phi) is 8.12. The van der Waals surface area contributed by atoms with E-state index >= 15 is 0 Å². The van der Waals surface area contributed by atoms with Gasteiger partial charge in [0, 0.05) is 23.5 Å². The van der Waals surface area contributed by atoms with Gasteiger partial charge >= 0.3 is 0 Å². The SMILES string of the molecule is CC[C@H](C)N(CC(=O)N1CCc2sccc2[C@H]1COc1cccc(F)c1)S(=O)(=O)c1ccc(C)cc1. The number of hydrogen-bond donors (Lipinski definition) is 0. The zero-order valence-electron chi connectivity index (χ0n) is 20.7. The maximum absolute atomic E-state index is 13.7. The minimum atomic E-state index is -3.88. The van der Waals surface area contributed by atoms with E-state index in [-0.39, 0.29) is 30.0 Å². The van der Waals surface area contributed by atoms with Gasteiger partial charge in [-0.2, -0.15) is 4.31 Å². The Morgan fingerprint density at radius 3 is 2.67 bits per heavy atom. The number of ether oxygens (including phenoxy) is 1. The molecule has 1 aliphatic heterocycles. The van der Waals surface area contributed by atoms with E-state index in [4.69, 9.17) is 4.74 Å². The highest BCUT2D eigenvalue weighted by Crippen LogP contribution is 2.34. The number of fused-ring (bicyclic) bond motifs is 1. The van der Waals surface area contributed by atoms with Crippen LogP contribution in [0.15, 0.2) is 64.9 Å². The van der Waals surface area contributed by atoms with Crippen molar-refractivity contribution in [3.8, 4) is 5.75 Å². The van der Waals surface area contributed by atoms with Gasteiger partial charge in [0.25, 0.3) is 0 Å². The van der Waals surface area contributed by atoms with E-state index in [2.05, 4.69) is 0 Å². The molecule has 6 nitrogen and oxygen atoms in total. The molecule has 9 heteroatoms. The number of halogens is 1. The van der Waals surface area contributed by atoms with E-state index in [0.29, 0.717) is 25.1 Å². The lowest BCUT2D eigenvalue weighted by Gasteiger charge is -2.37. The Bertz CT molecular complexity index is 1310. The van der Waals surface area contributed by atoms with Crippen molar-refractivity contribution in [2.24, 2.45) is 0 Å². The Balaban J connectivity index is 1.59. The number of thiophene rings is 1. The number of benzene rings is 2. The van der Waals surface area contributed by atoms with Gasteiger partial charge in [0.05, 0.1) is 17.5 Å². The van der Waals surface area contributed by atoms with E-state index in [0.717, 1.165) is 11.1 Å². The summed E-state index contributed by atoms with van der Waals surface area (Å²) in [5.74, 6) is -0.297. The van der Waals surface area contributed by atoms with Gasteiger partial charge in [-0.25, -0.2) is 12.8 Å². The van der Waals surface area contributed by atoms with Crippen molar-refractivity contribution in [1.82, 2.24) is 9.21 Å². The number of amides is 1. The fraction of sp³-hybridized carbons (Fsp3) is 0.370. The minimum absolute atomic E-state index is 0.146. The second kappa shape index (κ2) is 11.1. The summed E-state index contributed by atoms with van der Waals surface area (Å²) in [7, 11) is -3.88. The number of rotatable bonds is 9. The van der Waals surface area contributed by atoms with Crippen LogP contribution in [0.4, 0.5) is 4.39 Å². The molecule has 192 valence electrons. The highest BCUT2D eigenvalue weighted by Gasteiger charge is 2.36. The second-order valence-electron chi connectivity index (χ2n) is 9.04. The van der Waals surface area contributed by atoms with Crippen molar-refractivity contribution in [2.45, 2.75) is 50.6 Å². The standard InChI is InChI=1S/C27H31FN2O4S2/c1-4-20(3)30(36(32,33)23-10-8-19(2)9-11-23)17-27(31)29-14-12-26-24(13-15-35-26)25(29)18-34-22-7-5-6-21(28)16-22/h5-11,13,15-16,20,25H,4,12,14,17-18H2,1-3H3/t20-,25+/m0/s1. The molecule has 0 spiro atoms. The molecule has 4 rings (SSSR count). The van der Waals surface area contributed by atoms with Crippen LogP contribution in [0.1, 0.15) is 42.3 Å². The van der Waals surface area contributed by atoms with Gasteiger partial charge in [-0.05, 0) is 68.0 Å². The molecular weight excluding hydrogens is 499 g/mol. The van der Waals surface area contributed by atoms with Gasteiger partial charge in [0.1, 0.15) is 18.2 Å². The summed E-state index contributed by atoms with van der Waals surface area (Å²) >= 11 is 1.63. The smallest absolute Gasteiger partial charge is 0.243 e. The summed E-state index contributed by atoms with van der Waals surface area (Å²) in [5, 5.41) is 1.99. The predicted molar refractivity (Wildman–Crippen MR) is 139 cm³/mol. The van der Waals surface area contributed by atoms with E-state index in [1.165, 1.54) is 21.3 Å². The fourth-order valence-electron chi connectivity index (χ4n) is 4.36. The van der Waals surface area contributed by atoms with Gasteiger partial charge < -0.3 is 9.64 Å². The van der Waals surface area contributed by atoms with E-state index < -0.39 is 21.9 Å². The Morgan fingerprint density at radius 2 is 1.97 bits per heavy atom. The molecule has 36 heavy (non-hydrogen) atoms. The van der Waals surface area contributed by atoms with Crippen LogP contribution in [0.5, 0.6) is 5.75 Å². The first kappa shape index (κ1) is 26.3. The largest absolute Gasteiger partial charge is 0.491 e. The van der Waals surface area contributed by atoms with Crippen LogP contribution in [0.2, 0.25) is 0 Å². The third kappa shape index (κ3) is 5.63. The van der Waals surface area contributed by atoms with Crippen molar-refractivity contribution in [2.75, 3.05) is 19.7 Å². The van der Waals surface area contributed by atoms with Gasteiger partial charge in [0.15, 0.2) is 0 Å². The summed E-state index contributed by atoms with van der Waals surface area (Å²) in [4.78, 5) is 16.7. The average Bonchev–Trinajstić information content (AvgIpc) is 3.34. The molecule has 2 aromatic carbocycles. The zero-order chi connectivity index (χ0) is 25.9. The van der Waals surface area contributed by atoms with Crippen molar-refractivity contribution < 1.29 is 22.3 Å². The third-order valence-corrected chi connectivity index (χ3v) is 9.59. The second-order valence-corrected chi connectivity index (χ2v) is 11.9. The molecule has 1 aliphatic rings. The average molecular weight is 531 g/mol. The van der Waals surface area contributed by atoms with Crippen molar-refractivity contribution in [1.29, 1.82) is 0 Å². The van der Waals surface area contributed by atoms with Crippen molar-refractivity contribution in [3.05, 3.63) is 81.8 Å². The van der Waals surface area contributed by atoms with Gasteiger partial charge in [-0.15, -0.1) is 11.3 Å². The molecule has 0 saturated heterocycles. The van der Waals surface area contributed by atoms with E-state index in [1.54, 1.807) is 52.6 Å². The van der Waals surface area contributed by atoms with Crippen LogP contribution in [0.3, 0.4) is 0 Å². The molecule has 0 saturated carbocycles. The van der Waals surface area contributed by atoms with Crippen LogP contribution in [-0.2, 0) is 21.2 Å². The normalized spacial score (nSPS) is 16.6. The number of carbonyl (C=O) groups is 1. The molecule has 1 aromatic heterocycles. The molecule has 0 radical (unpaired) electrons. The minimum Gasteiger partial charge on any atom is -0.491 e. The Hall–Kier alpha value is -2.75. The summed E-state index contributed by atoms with van der Waals surface area (Å²) < 4.78 is 47.9. The monoisotopic (exact) mass is 530 g/mol. The Labute approximate surface area is 216 Å². The summed E-state index contributed by atoms with van der Waals surface area (Å²) in [5.41, 5.74) is 1.95. The summed E-state index contributed by atoms with van der Waals surface area (Å²) in [6, 6.07) is 13.8. The van der Waals surface area contributed by atoms with Gasteiger partial charge in [-0.3, -0.25) is 4.79 Å². The van der Waals surface area contributed by atoms with E-state index in [9.17, 15) is 17.6 Å². The molecule has 2 atom stereocenters. The topological polar surface area (TPSA) is 66.9 Å². The molecule has 1 amide bonds. The number of carbonyl (C=O) groups excluding carboxylic acids is 1. The summed E-state index contributed by atoms with van der Waals surface area (Å²) in [6.07, 6.45) is 1.27. The van der Waals surface area contributed by atoms with Gasteiger partial charge in [0.2, 0.25) is 15.9 Å². The number of nitrogens with zero attached hydrogens (tertiary/aromatic N) is 2. The molecule has 0 aliphatic carbocycles. The first-order valence-corrected chi connectivity index (χ1v) is 14.3. The lowest BCUT2D eigenvalue weighted by molar-refractivity contribution is -0.135. The first-order chi connectivity index (χ1) is 17.2. The van der Waals surface area contributed by atoms with E-state index in [1.807, 2.05) is 32.2 Å². The number of aryl methyl sites for hydroxylation is 1. The maximum atomic E-state index is 13.7. The van der Waals surface area contributed by atoms with Crippen LogP contribution >= 0.6 is 11.3 Å². The fourth-order valence-corrected chi connectivity index (χ4v) is 6.94. The van der Waals surface area contributed by atoms with Gasteiger partial charge in [-0.1, -0.05) is 30.7 Å². The van der Waals surface area contributed by atoms with Crippen LogP contribution < -0.4 is 4.74 Å². The maximum Gasteiger partial charge on any atom is 0.243 e. The van der Waals surface area contributed by atoms with Crippen molar-refractivity contribution in [3.63, 3.8) is 0 Å². The summed E-state index contributed by atoms with van der Waals surface area (Å²) in [6.45, 7) is 5.96. The molecule has 0 bridgehead atoms. The molecule has 2 heterocycles. The van der Waals surface area contributed by atoms with Crippen molar-refractivity contribution >= 4 is 27.3 Å². The molecule has 3 aromatic rings. The molecule has 0 fully saturated rings. The lowest BCUT2D eigenvalue weighted by atomic mass is 10.0. The molecule has 0 N–H and O–H groups in total. The third-order valence-electron chi connectivity index (χ3n) is 6.62. The predicted octanol–water partition coefficient (Wildman–Crippen LogP) is 5.19. The highest BCUT2D eigenvalue weighted by atomic mass is 32.2. The molecule has 0 unspecified atom stereocenters. The highest BCUT2D eigenvalue weighted by molar-refractivity contribution is 7.89. The van der Waals surface area contributed by atoms with Crippen LogP contribution in [0.25, 0.3) is 0 Å². The first-order valence-electron chi connectivity index (χ1n) is 12.0. The Morgan fingerprint density at radius 1 is 1.22 bits per heavy atom.